The van der Waals surface area contributed by atoms with Gasteiger partial charge in [0.2, 0.25) is 0 Å². The Kier molecular flexibility index (Phi) is 3.39. The lowest BCUT2D eigenvalue weighted by Crippen LogP contribution is -2.32. The maximum atomic E-state index is 13.4. The van der Waals surface area contributed by atoms with E-state index in [2.05, 4.69) is 29.3 Å². The van der Waals surface area contributed by atoms with Crippen LogP contribution in [0.3, 0.4) is 0 Å². The molecule has 3 aliphatic rings. The molecule has 2 aliphatic heterocycles. The largest absolute Gasteiger partial charge is 0.338 e. The molecule has 3 fully saturated rings. The molecule has 2 aromatic rings. The van der Waals surface area contributed by atoms with Crippen molar-refractivity contribution in [1.29, 1.82) is 0 Å². The van der Waals surface area contributed by atoms with Gasteiger partial charge in [0.1, 0.15) is 0 Å². The third kappa shape index (κ3) is 2.46. The molecule has 1 aliphatic carbocycles. The number of aromatic nitrogens is 2. The van der Waals surface area contributed by atoms with Gasteiger partial charge in [0, 0.05) is 37.8 Å². The van der Waals surface area contributed by atoms with Gasteiger partial charge in [0.25, 0.3) is 11.6 Å². The van der Waals surface area contributed by atoms with Crippen molar-refractivity contribution in [1.82, 2.24) is 20.4 Å². The predicted octanol–water partition coefficient (Wildman–Crippen LogP) is 2.52. The first-order valence-electron chi connectivity index (χ1n) is 9.42. The molecular formula is C19H24N4O2. The van der Waals surface area contributed by atoms with Crippen LogP contribution in [-0.2, 0) is 0 Å². The zero-order chi connectivity index (χ0) is 17.1. The summed E-state index contributed by atoms with van der Waals surface area (Å²) in [6.45, 7) is 7.90. The first-order chi connectivity index (χ1) is 12.1. The summed E-state index contributed by atoms with van der Waals surface area (Å²) in [6, 6.07) is 2.01. The van der Waals surface area contributed by atoms with Crippen molar-refractivity contribution in [2.45, 2.75) is 38.5 Å². The Morgan fingerprint density at radius 3 is 2.64 bits per heavy atom. The number of carbonyl (C=O) groups excluding carboxylic acids is 1. The molecule has 132 valence electrons. The molecule has 1 N–H and O–H groups in total. The number of likely N-dealkylation sites (tertiary alicyclic amines) is 1. The van der Waals surface area contributed by atoms with Crippen molar-refractivity contribution in [3.8, 4) is 0 Å². The van der Waals surface area contributed by atoms with Crippen LogP contribution in [0.25, 0.3) is 11.1 Å². The standard InChI is InChI=1S/C19H24N4O2/c1-10(2)17-16-14(5-15(11-3-4-11)21-18(16)25-22-17)19(24)23-8-12-6-20-7-13(12)9-23/h5,10-13,20H,3-4,6-9H2,1-2H3/t12-,13+. The van der Waals surface area contributed by atoms with E-state index < -0.39 is 0 Å². The van der Waals surface area contributed by atoms with Gasteiger partial charge in [-0.15, -0.1) is 0 Å². The average molecular weight is 340 g/mol. The zero-order valence-corrected chi connectivity index (χ0v) is 14.8. The summed E-state index contributed by atoms with van der Waals surface area (Å²) in [5.74, 6) is 1.98. The van der Waals surface area contributed by atoms with Crippen LogP contribution < -0.4 is 5.32 Å². The van der Waals surface area contributed by atoms with Gasteiger partial charge in [0.05, 0.1) is 16.6 Å². The van der Waals surface area contributed by atoms with E-state index in [4.69, 9.17) is 4.52 Å². The second-order valence-corrected chi connectivity index (χ2v) is 8.16. The first kappa shape index (κ1) is 15.3. The van der Waals surface area contributed by atoms with Crippen LogP contribution in [0, 0.1) is 11.8 Å². The molecule has 25 heavy (non-hydrogen) atoms. The zero-order valence-electron chi connectivity index (χ0n) is 14.8. The average Bonchev–Trinajstić information content (AvgIpc) is 3.02. The molecule has 6 nitrogen and oxygen atoms in total. The summed E-state index contributed by atoms with van der Waals surface area (Å²) in [7, 11) is 0. The predicted molar refractivity (Wildman–Crippen MR) is 93.6 cm³/mol. The van der Waals surface area contributed by atoms with Gasteiger partial charge in [-0.3, -0.25) is 4.79 Å². The summed E-state index contributed by atoms with van der Waals surface area (Å²) in [5, 5.41) is 8.48. The smallest absolute Gasteiger partial charge is 0.259 e. The Labute approximate surface area is 146 Å². The van der Waals surface area contributed by atoms with Gasteiger partial charge in [-0.2, -0.15) is 0 Å². The molecule has 0 bridgehead atoms. The van der Waals surface area contributed by atoms with Crippen molar-refractivity contribution in [2.75, 3.05) is 26.2 Å². The lowest BCUT2D eigenvalue weighted by atomic mass is 10.0. The van der Waals surface area contributed by atoms with Crippen molar-refractivity contribution in [3.05, 3.63) is 23.0 Å². The van der Waals surface area contributed by atoms with Crippen molar-refractivity contribution >= 4 is 17.0 Å². The third-order valence-corrected chi connectivity index (χ3v) is 5.94. The highest BCUT2D eigenvalue weighted by Gasteiger charge is 2.39. The molecule has 6 heteroatoms. The van der Waals surface area contributed by atoms with Gasteiger partial charge in [-0.05, 0) is 36.7 Å². The minimum Gasteiger partial charge on any atom is -0.338 e. The van der Waals surface area contributed by atoms with E-state index in [0.717, 1.165) is 61.4 Å². The topological polar surface area (TPSA) is 71.3 Å². The van der Waals surface area contributed by atoms with Crippen molar-refractivity contribution < 1.29 is 9.32 Å². The molecule has 0 radical (unpaired) electrons. The van der Waals surface area contributed by atoms with Gasteiger partial charge >= 0.3 is 0 Å². The van der Waals surface area contributed by atoms with Crippen LogP contribution in [0.1, 0.15) is 60.3 Å². The van der Waals surface area contributed by atoms with Crippen LogP contribution in [0.5, 0.6) is 0 Å². The summed E-state index contributed by atoms with van der Waals surface area (Å²) in [4.78, 5) is 20.1. The number of pyridine rings is 1. The Balaban J connectivity index is 1.58. The van der Waals surface area contributed by atoms with Gasteiger partial charge < -0.3 is 14.7 Å². The van der Waals surface area contributed by atoms with E-state index >= 15 is 0 Å². The Hall–Kier alpha value is -1.95. The molecule has 1 amide bonds. The number of hydrogen-bond acceptors (Lipinski definition) is 5. The molecule has 2 saturated heterocycles. The summed E-state index contributed by atoms with van der Waals surface area (Å²) in [6.07, 6.45) is 2.30. The van der Waals surface area contributed by atoms with Crippen LogP contribution in [0.15, 0.2) is 10.6 Å². The second kappa shape index (κ2) is 5.53. The highest BCUT2D eigenvalue weighted by Crippen LogP contribution is 2.41. The molecule has 0 spiro atoms. The first-order valence-corrected chi connectivity index (χ1v) is 9.42. The molecule has 5 rings (SSSR count). The Morgan fingerprint density at radius 1 is 1.28 bits per heavy atom. The fourth-order valence-electron chi connectivity index (χ4n) is 4.33. The monoisotopic (exact) mass is 340 g/mol. The Morgan fingerprint density at radius 2 is 2.00 bits per heavy atom. The summed E-state index contributed by atoms with van der Waals surface area (Å²) < 4.78 is 5.52. The van der Waals surface area contributed by atoms with E-state index in [9.17, 15) is 4.79 Å². The van der Waals surface area contributed by atoms with E-state index in [1.54, 1.807) is 0 Å². The third-order valence-electron chi connectivity index (χ3n) is 5.94. The highest BCUT2D eigenvalue weighted by atomic mass is 16.5. The van der Waals surface area contributed by atoms with Crippen LogP contribution in [0.4, 0.5) is 0 Å². The number of hydrogen-bond donors (Lipinski definition) is 1. The maximum absolute atomic E-state index is 13.4. The number of nitrogens with zero attached hydrogens (tertiary/aromatic N) is 3. The van der Waals surface area contributed by atoms with Crippen molar-refractivity contribution in [2.24, 2.45) is 11.8 Å². The lowest BCUT2D eigenvalue weighted by molar-refractivity contribution is 0.0783. The normalized spacial score (nSPS) is 26.0. The number of nitrogens with one attached hydrogen (secondary N) is 1. The molecule has 1 saturated carbocycles. The maximum Gasteiger partial charge on any atom is 0.259 e. The summed E-state index contributed by atoms with van der Waals surface area (Å²) in [5.41, 5.74) is 3.10. The summed E-state index contributed by atoms with van der Waals surface area (Å²) >= 11 is 0. The minimum absolute atomic E-state index is 0.119. The Bertz CT molecular complexity index is 827. The van der Waals surface area contributed by atoms with E-state index in [1.807, 2.05) is 11.0 Å². The number of fused-ring (bicyclic) bond motifs is 2. The molecule has 2 aromatic heterocycles. The SMILES string of the molecule is CC(C)c1noc2nc(C3CC3)cc(C(=O)N3C[C@H]4CNC[C@H]4C3)c12. The number of amides is 1. The number of rotatable bonds is 3. The van der Waals surface area contributed by atoms with Crippen LogP contribution in [0.2, 0.25) is 0 Å². The quantitative estimate of drug-likeness (QED) is 0.929. The van der Waals surface area contributed by atoms with E-state index in [-0.39, 0.29) is 11.8 Å². The highest BCUT2D eigenvalue weighted by molar-refractivity contribution is 6.06. The number of carbonyl (C=O) groups is 1. The molecule has 2 atom stereocenters. The van der Waals surface area contributed by atoms with E-state index in [1.165, 1.54) is 0 Å². The van der Waals surface area contributed by atoms with Gasteiger partial charge in [-0.1, -0.05) is 19.0 Å². The fourth-order valence-corrected chi connectivity index (χ4v) is 4.33. The molecule has 0 aromatic carbocycles. The van der Waals surface area contributed by atoms with Gasteiger partial charge in [0.15, 0.2) is 0 Å². The second-order valence-electron chi connectivity index (χ2n) is 8.16. The molecule has 4 heterocycles. The van der Waals surface area contributed by atoms with Crippen LogP contribution >= 0.6 is 0 Å². The van der Waals surface area contributed by atoms with Crippen LogP contribution in [-0.4, -0.2) is 47.1 Å². The van der Waals surface area contributed by atoms with Gasteiger partial charge in [-0.25, -0.2) is 4.98 Å². The van der Waals surface area contributed by atoms with E-state index in [0.29, 0.717) is 23.5 Å². The van der Waals surface area contributed by atoms with Crippen molar-refractivity contribution in [3.63, 3.8) is 0 Å². The fraction of sp³-hybridized carbons (Fsp3) is 0.632. The molecule has 0 unspecified atom stereocenters. The lowest BCUT2D eigenvalue weighted by Gasteiger charge is -2.18. The molecular weight excluding hydrogens is 316 g/mol. The minimum atomic E-state index is 0.119.